The van der Waals surface area contributed by atoms with Gasteiger partial charge in [0, 0.05) is 17.5 Å². The molecule has 0 saturated carbocycles. The molecule has 0 bridgehead atoms. The highest BCUT2D eigenvalue weighted by Crippen LogP contribution is 2.22. The Balaban J connectivity index is 1.75. The van der Waals surface area contributed by atoms with E-state index in [-0.39, 0.29) is 11.9 Å². The van der Waals surface area contributed by atoms with Gasteiger partial charge in [-0.3, -0.25) is 14.9 Å². The molecule has 1 aliphatic carbocycles. The standard InChI is InChI=1S/C15H18N4O/c1-10(12-7-4-5-9-16-12)17-15(20)14-11-6-2-3-8-13(11)18-19-14/h4-5,7,9-10H,2-3,6,8H2,1H3,(H,17,20)(H,18,19)/t10-/m0/s1. The molecule has 0 aliphatic heterocycles. The summed E-state index contributed by atoms with van der Waals surface area (Å²) in [6.07, 6.45) is 5.95. The highest BCUT2D eigenvalue weighted by Gasteiger charge is 2.22. The predicted molar refractivity (Wildman–Crippen MR) is 75.3 cm³/mol. The van der Waals surface area contributed by atoms with Gasteiger partial charge in [0.05, 0.1) is 11.7 Å². The lowest BCUT2D eigenvalue weighted by atomic mass is 9.95. The van der Waals surface area contributed by atoms with Crippen molar-refractivity contribution in [2.45, 2.75) is 38.6 Å². The first kappa shape index (κ1) is 12.8. The largest absolute Gasteiger partial charge is 0.343 e. The molecule has 5 heteroatoms. The smallest absolute Gasteiger partial charge is 0.272 e. The van der Waals surface area contributed by atoms with Crippen molar-refractivity contribution in [3.05, 3.63) is 47.0 Å². The average Bonchev–Trinajstić information content (AvgIpc) is 2.92. The van der Waals surface area contributed by atoms with Crippen molar-refractivity contribution in [2.75, 3.05) is 0 Å². The maximum atomic E-state index is 12.3. The van der Waals surface area contributed by atoms with Crippen molar-refractivity contribution >= 4 is 5.91 Å². The van der Waals surface area contributed by atoms with E-state index in [0.29, 0.717) is 5.69 Å². The van der Waals surface area contributed by atoms with Gasteiger partial charge >= 0.3 is 0 Å². The summed E-state index contributed by atoms with van der Waals surface area (Å²) in [5.74, 6) is -0.123. The molecule has 2 aromatic heterocycles. The molecule has 0 fully saturated rings. The Hall–Kier alpha value is -2.17. The number of H-pyrrole nitrogens is 1. The second-order valence-electron chi connectivity index (χ2n) is 5.19. The van der Waals surface area contributed by atoms with E-state index in [1.54, 1.807) is 6.20 Å². The summed E-state index contributed by atoms with van der Waals surface area (Å²) in [6.45, 7) is 1.93. The van der Waals surface area contributed by atoms with Crippen LogP contribution in [0.5, 0.6) is 0 Å². The Bertz CT molecular complexity index is 606. The van der Waals surface area contributed by atoms with E-state index in [1.807, 2.05) is 25.1 Å². The number of nitrogens with one attached hydrogen (secondary N) is 2. The maximum absolute atomic E-state index is 12.3. The maximum Gasteiger partial charge on any atom is 0.272 e. The van der Waals surface area contributed by atoms with Crippen LogP contribution in [0.15, 0.2) is 24.4 Å². The Morgan fingerprint density at radius 1 is 1.35 bits per heavy atom. The van der Waals surface area contributed by atoms with E-state index in [9.17, 15) is 4.79 Å². The SMILES string of the molecule is C[C@H](NC(=O)c1n[nH]c2c1CCCC2)c1ccccn1. The molecule has 1 atom stereocenters. The Morgan fingerprint density at radius 2 is 2.20 bits per heavy atom. The third kappa shape index (κ3) is 2.43. The molecule has 0 saturated heterocycles. The summed E-state index contributed by atoms with van der Waals surface area (Å²) < 4.78 is 0. The Labute approximate surface area is 117 Å². The molecule has 20 heavy (non-hydrogen) atoms. The first-order chi connectivity index (χ1) is 9.75. The van der Waals surface area contributed by atoms with E-state index in [0.717, 1.165) is 36.2 Å². The quantitative estimate of drug-likeness (QED) is 0.898. The number of fused-ring (bicyclic) bond motifs is 1. The molecule has 0 radical (unpaired) electrons. The molecule has 1 aliphatic rings. The van der Waals surface area contributed by atoms with Crippen LogP contribution in [-0.4, -0.2) is 21.1 Å². The minimum atomic E-state index is -0.125. The lowest BCUT2D eigenvalue weighted by Crippen LogP contribution is -2.28. The van der Waals surface area contributed by atoms with Gasteiger partial charge in [-0.1, -0.05) is 6.07 Å². The third-order valence-electron chi connectivity index (χ3n) is 3.75. The molecule has 2 N–H and O–H groups in total. The number of pyridine rings is 1. The van der Waals surface area contributed by atoms with Crippen molar-refractivity contribution in [3.63, 3.8) is 0 Å². The second-order valence-corrected chi connectivity index (χ2v) is 5.19. The summed E-state index contributed by atoms with van der Waals surface area (Å²) in [4.78, 5) is 16.6. The molecule has 0 spiro atoms. The van der Waals surface area contributed by atoms with Gasteiger partial charge in [-0.15, -0.1) is 0 Å². The summed E-state index contributed by atoms with van der Waals surface area (Å²) in [7, 11) is 0. The average molecular weight is 270 g/mol. The number of carbonyl (C=O) groups excluding carboxylic acids is 1. The summed E-state index contributed by atoms with van der Waals surface area (Å²) in [5.41, 5.74) is 3.60. The van der Waals surface area contributed by atoms with Crippen molar-refractivity contribution in [2.24, 2.45) is 0 Å². The van der Waals surface area contributed by atoms with E-state index < -0.39 is 0 Å². The summed E-state index contributed by atoms with van der Waals surface area (Å²) in [5, 5.41) is 10.1. The monoisotopic (exact) mass is 270 g/mol. The molecule has 5 nitrogen and oxygen atoms in total. The van der Waals surface area contributed by atoms with E-state index >= 15 is 0 Å². The number of aryl methyl sites for hydroxylation is 1. The van der Waals surface area contributed by atoms with Crippen LogP contribution in [0.1, 0.15) is 53.2 Å². The Kier molecular flexibility index (Phi) is 3.50. The predicted octanol–water partition coefficient (Wildman–Crippen LogP) is 2.17. The van der Waals surface area contributed by atoms with Gasteiger partial charge in [0.15, 0.2) is 5.69 Å². The molecule has 2 heterocycles. The number of hydrogen-bond acceptors (Lipinski definition) is 3. The Morgan fingerprint density at radius 3 is 3.00 bits per heavy atom. The molecular formula is C15H18N4O. The highest BCUT2D eigenvalue weighted by molar-refractivity contribution is 5.94. The normalized spacial score (nSPS) is 15.4. The number of carbonyl (C=O) groups is 1. The number of amides is 1. The van der Waals surface area contributed by atoms with E-state index in [4.69, 9.17) is 0 Å². The number of aromatic amines is 1. The van der Waals surface area contributed by atoms with Crippen LogP contribution in [0.2, 0.25) is 0 Å². The molecular weight excluding hydrogens is 252 g/mol. The molecule has 1 amide bonds. The zero-order valence-corrected chi connectivity index (χ0v) is 11.5. The minimum absolute atomic E-state index is 0.123. The van der Waals surface area contributed by atoms with Crippen molar-refractivity contribution in [1.82, 2.24) is 20.5 Å². The lowest BCUT2D eigenvalue weighted by Gasteiger charge is -2.14. The van der Waals surface area contributed by atoms with Crippen LogP contribution in [0.4, 0.5) is 0 Å². The zero-order chi connectivity index (χ0) is 13.9. The number of rotatable bonds is 3. The van der Waals surface area contributed by atoms with Crippen LogP contribution in [0, 0.1) is 0 Å². The van der Waals surface area contributed by atoms with Crippen molar-refractivity contribution in [1.29, 1.82) is 0 Å². The van der Waals surface area contributed by atoms with Crippen LogP contribution < -0.4 is 5.32 Å². The van der Waals surface area contributed by atoms with Gasteiger partial charge in [-0.25, -0.2) is 0 Å². The van der Waals surface area contributed by atoms with Crippen LogP contribution >= 0.6 is 0 Å². The van der Waals surface area contributed by atoms with Gasteiger partial charge in [0.2, 0.25) is 0 Å². The summed E-state index contributed by atoms with van der Waals surface area (Å²) in [6, 6.07) is 5.56. The molecule has 0 unspecified atom stereocenters. The first-order valence-electron chi connectivity index (χ1n) is 7.03. The van der Waals surface area contributed by atoms with E-state index in [2.05, 4.69) is 20.5 Å². The van der Waals surface area contributed by atoms with Crippen LogP contribution in [-0.2, 0) is 12.8 Å². The van der Waals surface area contributed by atoms with Gasteiger partial charge in [0.25, 0.3) is 5.91 Å². The molecule has 2 aromatic rings. The lowest BCUT2D eigenvalue weighted by molar-refractivity contribution is 0.0933. The van der Waals surface area contributed by atoms with E-state index in [1.165, 1.54) is 6.42 Å². The van der Waals surface area contributed by atoms with Crippen molar-refractivity contribution in [3.8, 4) is 0 Å². The topological polar surface area (TPSA) is 70.7 Å². The van der Waals surface area contributed by atoms with Gasteiger partial charge in [-0.2, -0.15) is 5.10 Å². The number of nitrogens with zero attached hydrogens (tertiary/aromatic N) is 2. The first-order valence-corrected chi connectivity index (χ1v) is 7.03. The minimum Gasteiger partial charge on any atom is -0.343 e. The second kappa shape index (κ2) is 5.45. The molecule has 0 aromatic carbocycles. The highest BCUT2D eigenvalue weighted by atomic mass is 16.2. The fourth-order valence-corrected chi connectivity index (χ4v) is 2.64. The number of aromatic nitrogens is 3. The van der Waals surface area contributed by atoms with Gasteiger partial charge in [0.1, 0.15) is 0 Å². The fourth-order valence-electron chi connectivity index (χ4n) is 2.64. The van der Waals surface area contributed by atoms with Crippen molar-refractivity contribution < 1.29 is 4.79 Å². The zero-order valence-electron chi connectivity index (χ0n) is 11.5. The van der Waals surface area contributed by atoms with Gasteiger partial charge in [-0.05, 0) is 44.7 Å². The third-order valence-corrected chi connectivity index (χ3v) is 3.75. The number of hydrogen-bond donors (Lipinski definition) is 2. The van der Waals surface area contributed by atoms with Gasteiger partial charge < -0.3 is 5.32 Å². The van der Waals surface area contributed by atoms with Crippen LogP contribution in [0.25, 0.3) is 0 Å². The van der Waals surface area contributed by atoms with Crippen LogP contribution in [0.3, 0.4) is 0 Å². The molecule has 3 rings (SSSR count). The molecule has 104 valence electrons. The fraction of sp³-hybridized carbons (Fsp3) is 0.400. The summed E-state index contributed by atoms with van der Waals surface area (Å²) >= 11 is 0.